The summed E-state index contributed by atoms with van der Waals surface area (Å²) >= 11 is 6.21. The van der Waals surface area contributed by atoms with Gasteiger partial charge in [-0.1, -0.05) is 60.1 Å². The molecule has 0 bridgehead atoms. The van der Waals surface area contributed by atoms with Crippen LogP contribution in [0.4, 0.5) is 5.69 Å². The molecule has 4 nitrogen and oxygen atoms in total. The summed E-state index contributed by atoms with van der Waals surface area (Å²) in [6.07, 6.45) is 0.747. The molecule has 0 saturated carbocycles. The maximum Gasteiger partial charge on any atom is 0.255 e. The molecule has 142 valence electrons. The van der Waals surface area contributed by atoms with Crippen LogP contribution >= 0.6 is 11.6 Å². The van der Waals surface area contributed by atoms with Crippen LogP contribution in [0.5, 0.6) is 0 Å². The Morgan fingerprint density at radius 1 is 0.893 bits per heavy atom. The molecule has 0 spiro atoms. The number of nitrogens with one attached hydrogen (secondary N) is 2. The molecule has 3 aromatic rings. The van der Waals surface area contributed by atoms with E-state index < -0.39 is 0 Å². The Hall–Kier alpha value is -3.11. The van der Waals surface area contributed by atoms with Crippen molar-refractivity contribution in [2.24, 2.45) is 0 Å². The van der Waals surface area contributed by atoms with Crippen molar-refractivity contribution in [1.29, 1.82) is 0 Å². The fourth-order valence-corrected chi connectivity index (χ4v) is 3.01. The van der Waals surface area contributed by atoms with Gasteiger partial charge in [-0.2, -0.15) is 0 Å². The number of halogens is 1. The number of carbonyl (C=O) groups excluding carboxylic acids is 2. The van der Waals surface area contributed by atoms with Crippen molar-refractivity contribution in [3.05, 3.63) is 100 Å². The molecule has 0 heterocycles. The van der Waals surface area contributed by atoms with E-state index in [1.807, 2.05) is 49.4 Å². The molecule has 2 amide bonds. The highest BCUT2D eigenvalue weighted by molar-refractivity contribution is 6.34. The minimum Gasteiger partial charge on any atom is -0.352 e. The van der Waals surface area contributed by atoms with Gasteiger partial charge in [0.1, 0.15) is 0 Å². The lowest BCUT2D eigenvalue weighted by atomic mass is 10.1. The first-order valence-electron chi connectivity index (χ1n) is 9.03. The third-order valence-electron chi connectivity index (χ3n) is 4.41. The number of rotatable bonds is 6. The van der Waals surface area contributed by atoms with E-state index in [1.54, 1.807) is 30.3 Å². The Morgan fingerprint density at radius 3 is 2.36 bits per heavy atom. The van der Waals surface area contributed by atoms with E-state index in [1.165, 1.54) is 0 Å². The number of benzene rings is 3. The molecule has 3 aromatic carbocycles. The van der Waals surface area contributed by atoms with Crippen molar-refractivity contribution in [2.75, 3.05) is 11.9 Å². The molecule has 0 aliphatic carbocycles. The van der Waals surface area contributed by atoms with Gasteiger partial charge in [0.05, 0.1) is 10.7 Å². The molecule has 5 heteroatoms. The van der Waals surface area contributed by atoms with E-state index in [-0.39, 0.29) is 11.8 Å². The number of aryl methyl sites for hydroxylation is 1. The maximum absolute atomic E-state index is 12.5. The molecule has 0 fully saturated rings. The van der Waals surface area contributed by atoms with Crippen LogP contribution in [0.2, 0.25) is 5.02 Å². The minimum atomic E-state index is -0.262. The lowest BCUT2D eigenvalue weighted by Crippen LogP contribution is -2.26. The lowest BCUT2D eigenvalue weighted by Gasteiger charge is -2.11. The third-order valence-corrected chi connectivity index (χ3v) is 4.74. The highest BCUT2D eigenvalue weighted by Gasteiger charge is 2.13. The number of carbonyl (C=O) groups is 2. The van der Waals surface area contributed by atoms with Crippen molar-refractivity contribution < 1.29 is 9.59 Å². The van der Waals surface area contributed by atoms with E-state index in [2.05, 4.69) is 10.6 Å². The van der Waals surface area contributed by atoms with Crippen LogP contribution in [0, 0.1) is 6.92 Å². The lowest BCUT2D eigenvalue weighted by molar-refractivity contribution is 0.0952. The second-order valence-electron chi connectivity index (χ2n) is 6.46. The van der Waals surface area contributed by atoms with E-state index in [0.717, 1.165) is 17.5 Å². The van der Waals surface area contributed by atoms with Crippen molar-refractivity contribution in [3.8, 4) is 0 Å². The van der Waals surface area contributed by atoms with Crippen molar-refractivity contribution in [3.63, 3.8) is 0 Å². The number of hydrogen-bond donors (Lipinski definition) is 2. The maximum atomic E-state index is 12.5. The van der Waals surface area contributed by atoms with E-state index in [0.29, 0.717) is 28.4 Å². The summed E-state index contributed by atoms with van der Waals surface area (Å²) in [6, 6.07) is 22.1. The van der Waals surface area contributed by atoms with Crippen LogP contribution in [0.1, 0.15) is 31.8 Å². The average Bonchev–Trinajstić information content (AvgIpc) is 2.70. The van der Waals surface area contributed by atoms with Crippen molar-refractivity contribution >= 4 is 29.1 Å². The fourth-order valence-electron chi connectivity index (χ4n) is 2.85. The van der Waals surface area contributed by atoms with Gasteiger partial charge in [0, 0.05) is 17.7 Å². The topological polar surface area (TPSA) is 58.2 Å². The fraction of sp³-hybridized carbons (Fsp3) is 0.130. The summed E-state index contributed by atoms with van der Waals surface area (Å²) in [7, 11) is 0. The first-order valence-corrected chi connectivity index (χ1v) is 9.41. The standard InChI is InChI=1S/C23H21ClN2O2/c1-16-7-5-6-10-19(16)23(28)26-21-15-18(11-12-20(21)24)22(27)25-14-13-17-8-3-2-4-9-17/h2-12,15H,13-14H2,1H3,(H,25,27)(H,26,28). The minimum absolute atomic E-state index is 0.209. The Morgan fingerprint density at radius 2 is 1.61 bits per heavy atom. The highest BCUT2D eigenvalue weighted by atomic mass is 35.5. The number of hydrogen-bond acceptors (Lipinski definition) is 2. The molecule has 2 N–H and O–H groups in total. The molecule has 0 aliphatic rings. The first-order chi connectivity index (χ1) is 13.5. The summed E-state index contributed by atoms with van der Waals surface area (Å²) in [6.45, 7) is 2.39. The molecule has 0 radical (unpaired) electrons. The van der Waals surface area contributed by atoms with Gasteiger partial charge in [-0.05, 0) is 48.7 Å². The molecular weight excluding hydrogens is 372 g/mol. The second-order valence-corrected chi connectivity index (χ2v) is 6.86. The molecule has 3 rings (SSSR count). The van der Waals surface area contributed by atoms with Gasteiger partial charge in [-0.3, -0.25) is 9.59 Å². The van der Waals surface area contributed by atoms with Gasteiger partial charge in [0.2, 0.25) is 0 Å². The molecule has 0 saturated heterocycles. The van der Waals surface area contributed by atoms with Crippen LogP contribution in [0.15, 0.2) is 72.8 Å². The van der Waals surface area contributed by atoms with Gasteiger partial charge < -0.3 is 10.6 Å². The summed E-state index contributed by atoms with van der Waals surface area (Å²) in [5.74, 6) is -0.472. The number of anilines is 1. The van der Waals surface area contributed by atoms with E-state index in [9.17, 15) is 9.59 Å². The van der Waals surface area contributed by atoms with Crippen LogP contribution in [0.3, 0.4) is 0 Å². The smallest absolute Gasteiger partial charge is 0.255 e. The molecular formula is C23H21ClN2O2. The van der Waals surface area contributed by atoms with Gasteiger partial charge in [-0.25, -0.2) is 0 Å². The van der Waals surface area contributed by atoms with Crippen LogP contribution < -0.4 is 10.6 Å². The van der Waals surface area contributed by atoms with Crippen molar-refractivity contribution in [2.45, 2.75) is 13.3 Å². The SMILES string of the molecule is Cc1ccccc1C(=O)Nc1cc(C(=O)NCCc2ccccc2)ccc1Cl. The van der Waals surface area contributed by atoms with Crippen LogP contribution in [-0.2, 0) is 6.42 Å². The molecule has 0 atom stereocenters. The van der Waals surface area contributed by atoms with Gasteiger partial charge in [0.25, 0.3) is 11.8 Å². The molecule has 0 aliphatic heterocycles. The molecule has 0 unspecified atom stereocenters. The Bertz CT molecular complexity index is 987. The first kappa shape index (κ1) is 19.6. The Balaban J connectivity index is 1.66. The monoisotopic (exact) mass is 392 g/mol. The summed E-state index contributed by atoms with van der Waals surface area (Å²) in [5.41, 5.74) is 3.44. The summed E-state index contributed by atoms with van der Waals surface area (Å²) in [4.78, 5) is 25.0. The number of amides is 2. The third kappa shape index (κ3) is 4.99. The zero-order valence-corrected chi connectivity index (χ0v) is 16.3. The van der Waals surface area contributed by atoms with Crippen molar-refractivity contribution in [1.82, 2.24) is 5.32 Å². The summed E-state index contributed by atoms with van der Waals surface area (Å²) < 4.78 is 0. The quantitative estimate of drug-likeness (QED) is 0.628. The van der Waals surface area contributed by atoms with Crippen LogP contribution in [-0.4, -0.2) is 18.4 Å². The largest absolute Gasteiger partial charge is 0.352 e. The zero-order chi connectivity index (χ0) is 19.9. The molecule has 0 aromatic heterocycles. The van der Waals surface area contributed by atoms with Crippen LogP contribution in [0.25, 0.3) is 0 Å². The normalized spacial score (nSPS) is 10.4. The predicted octanol–water partition coefficient (Wildman–Crippen LogP) is 4.87. The average molecular weight is 393 g/mol. The van der Waals surface area contributed by atoms with Gasteiger partial charge in [-0.15, -0.1) is 0 Å². The Kier molecular flexibility index (Phi) is 6.45. The second kappa shape index (κ2) is 9.20. The summed E-state index contributed by atoms with van der Waals surface area (Å²) in [5, 5.41) is 6.06. The van der Waals surface area contributed by atoms with Gasteiger partial charge >= 0.3 is 0 Å². The predicted molar refractivity (Wildman–Crippen MR) is 113 cm³/mol. The van der Waals surface area contributed by atoms with Gasteiger partial charge in [0.15, 0.2) is 0 Å². The van der Waals surface area contributed by atoms with E-state index >= 15 is 0 Å². The molecule has 28 heavy (non-hydrogen) atoms. The zero-order valence-electron chi connectivity index (χ0n) is 15.5. The highest BCUT2D eigenvalue weighted by Crippen LogP contribution is 2.24. The Labute approximate surface area is 169 Å². The van der Waals surface area contributed by atoms with E-state index in [4.69, 9.17) is 11.6 Å².